The van der Waals surface area contributed by atoms with Crippen LogP contribution in [-0.4, -0.2) is 0 Å². The Balaban J connectivity index is 2.10. The quantitative estimate of drug-likeness (QED) is 0.660. The van der Waals surface area contributed by atoms with Crippen LogP contribution in [0.2, 0.25) is 0 Å². The monoisotopic (exact) mass is 242 g/mol. The van der Waals surface area contributed by atoms with Crippen LogP contribution in [0, 0.1) is 0 Å². The topological polar surface area (TPSA) is 26.3 Å². The zero-order valence-electron chi connectivity index (χ0n) is 9.11. The summed E-state index contributed by atoms with van der Waals surface area (Å²) in [6, 6.07) is 18.1. The normalized spacial score (nSPS) is 10.9. The van der Waals surface area contributed by atoms with Crippen molar-refractivity contribution in [3.05, 3.63) is 67.1 Å². The molecule has 0 saturated heterocycles. The highest BCUT2D eigenvalue weighted by molar-refractivity contribution is 7.79. The molecule has 0 aliphatic heterocycles. The van der Waals surface area contributed by atoms with Gasteiger partial charge < -0.3 is 8.83 Å². The Labute approximate surface area is 101 Å². The van der Waals surface area contributed by atoms with Gasteiger partial charge in [0.1, 0.15) is 11.0 Å². The molecule has 84 valence electrons. The minimum Gasteiger partial charge on any atom is -0.464 e. The maximum Gasteiger partial charge on any atom is 0.137 e. The zero-order valence-corrected chi connectivity index (χ0v) is 10.0. The van der Waals surface area contributed by atoms with Gasteiger partial charge in [-0.15, -0.1) is 0 Å². The van der Waals surface area contributed by atoms with E-state index in [-0.39, 0.29) is 0 Å². The van der Waals surface area contributed by atoms with E-state index in [1.54, 1.807) is 12.5 Å². The molecule has 3 rings (SSSR count). The van der Waals surface area contributed by atoms with E-state index in [0.29, 0.717) is 0 Å². The number of benzene rings is 1. The summed E-state index contributed by atoms with van der Waals surface area (Å²) >= 11 is 0. The first-order chi connectivity index (χ1) is 8.45. The predicted molar refractivity (Wildman–Crippen MR) is 69.7 cm³/mol. The average Bonchev–Trinajstić information content (AvgIpc) is 3.04. The van der Waals surface area contributed by atoms with Crippen molar-refractivity contribution < 1.29 is 8.83 Å². The molecule has 2 nitrogen and oxygen atoms in total. The number of furan rings is 2. The van der Waals surface area contributed by atoms with E-state index in [4.69, 9.17) is 8.83 Å². The number of rotatable bonds is 3. The van der Waals surface area contributed by atoms with Gasteiger partial charge in [0.15, 0.2) is 0 Å². The lowest BCUT2D eigenvalue weighted by Crippen LogP contribution is -2.18. The van der Waals surface area contributed by atoms with E-state index in [9.17, 15) is 0 Å². The Hall–Kier alpha value is -1.79. The summed E-state index contributed by atoms with van der Waals surface area (Å²) in [4.78, 5) is 0. The second-order valence-electron chi connectivity index (χ2n) is 3.57. The molecule has 0 aliphatic rings. The van der Waals surface area contributed by atoms with Crippen molar-refractivity contribution in [2.75, 3.05) is 0 Å². The second kappa shape index (κ2) is 4.60. The highest BCUT2D eigenvalue weighted by atomic mass is 31.1. The molecule has 0 saturated carbocycles. The molecule has 0 aliphatic carbocycles. The molecule has 1 aromatic carbocycles. The van der Waals surface area contributed by atoms with Gasteiger partial charge in [-0.3, -0.25) is 0 Å². The SMILES string of the molecule is c1ccc(P(c2ccco2)c2ccco2)cc1. The van der Waals surface area contributed by atoms with Gasteiger partial charge in [-0.25, -0.2) is 0 Å². The summed E-state index contributed by atoms with van der Waals surface area (Å²) in [5, 5.41) is 1.23. The molecule has 17 heavy (non-hydrogen) atoms. The molecule has 0 fully saturated rings. The van der Waals surface area contributed by atoms with Gasteiger partial charge in [-0.2, -0.15) is 0 Å². The van der Waals surface area contributed by atoms with Crippen LogP contribution in [0.25, 0.3) is 0 Å². The first kappa shape index (κ1) is 10.4. The van der Waals surface area contributed by atoms with Gasteiger partial charge in [-0.1, -0.05) is 30.3 Å². The third kappa shape index (κ3) is 2.04. The molecule has 0 bridgehead atoms. The third-order valence-corrected chi connectivity index (χ3v) is 4.67. The summed E-state index contributed by atoms with van der Waals surface area (Å²) < 4.78 is 11.1. The van der Waals surface area contributed by atoms with E-state index >= 15 is 0 Å². The lowest BCUT2D eigenvalue weighted by atomic mass is 10.4. The molecule has 0 amide bonds. The van der Waals surface area contributed by atoms with Gasteiger partial charge in [-0.05, 0) is 29.6 Å². The van der Waals surface area contributed by atoms with Crippen molar-refractivity contribution in [3.8, 4) is 0 Å². The minimum absolute atomic E-state index is 0.705. The van der Waals surface area contributed by atoms with Crippen molar-refractivity contribution in [1.82, 2.24) is 0 Å². The fourth-order valence-electron chi connectivity index (χ4n) is 1.73. The van der Waals surface area contributed by atoms with Crippen LogP contribution in [0.5, 0.6) is 0 Å². The van der Waals surface area contributed by atoms with Crippen LogP contribution < -0.4 is 16.3 Å². The van der Waals surface area contributed by atoms with Crippen LogP contribution in [0.15, 0.2) is 76.0 Å². The van der Waals surface area contributed by atoms with E-state index in [1.807, 2.05) is 42.5 Å². The largest absolute Gasteiger partial charge is 0.464 e. The van der Waals surface area contributed by atoms with Gasteiger partial charge in [0.2, 0.25) is 0 Å². The first-order valence-corrected chi connectivity index (χ1v) is 6.71. The van der Waals surface area contributed by atoms with E-state index < -0.39 is 7.92 Å². The third-order valence-electron chi connectivity index (χ3n) is 2.47. The maximum absolute atomic E-state index is 5.54. The molecule has 0 unspecified atom stereocenters. The minimum atomic E-state index is -0.705. The van der Waals surface area contributed by atoms with Gasteiger partial charge in [0, 0.05) is 0 Å². The lowest BCUT2D eigenvalue weighted by Gasteiger charge is -2.12. The summed E-state index contributed by atoms with van der Waals surface area (Å²) in [6.07, 6.45) is 3.41. The van der Waals surface area contributed by atoms with Crippen molar-refractivity contribution in [2.45, 2.75) is 0 Å². The Morgan fingerprint density at radius 2 is 1.24 bits per heavy atom. The van der Waals surface area contributed by atoms with E-state index in [0.717, 1.165) is 11.0 Å². The number of hydrogen-bond acceptors (Lipinski definition) is 2. The molecular formula is C14H11O2P. The molecule has 0 spiro atoms. The molecule has 3 aromatic rings. The van der Waals surface area contributed by atoms with Crippen molar-refractivity contribution in [1.29, 1.82) is 0 Å². The van der Waals surface area contributed by atoms with Crippen LogP contribution in [-0.2, 0) is 0 Å². The van der Waals surface area contributed by atoms with E-state index in [1.165, 1.54) is 5.30 Å². The van der Waals surface area contributed by atoms with Gasteiger partial charge in [0.05, 0.1) is 20.4 Å². The smallest absolute Gasteiger partial charge is 0.137 e. The average molecular weight is 242 g/mol. The molecular weight excluding hydrogens is 231 g/mol. The Bertz CT molecular complexity index is 521. The molecule has 0 radical (unpaired) electrons. The summed E-state index contributed by atoms with van der Waals surface area (Å²) in [6.45, 7) is 0. The molecule has 2 aromatic heterocycles. The van der Waals surface area contributed by atoms with Crippen LogP contribution in [0.3, 0.4) is 0 Å². The summed E-state index contributed by atoms with van der Waals surface area (Å²) in [5.74, 6) is 0. The van der Waals surface area contributed by atoms with Crippen molar-refractivity contribution in [3.63, 3.8) is 0 Å². The van der Waals surface area contributed by atoms with Crippen LogP contribution in [0.1, 0.15) is 0 Å². The predicted octanol–water partition coefficient (Wildman–Crippen LogP) is 2.63. The lowest BCUT2D eigenvalue weighted by molar-refractivity contribution is 0.593. The zero-order chi connectivity index (χ0) is 11.5. The standard InChI is InChI=1S/C14H11O2P/c1-2-6-12(7-3-1)17(13-8-4-10-15-13)14-9-5-11-16-14/h1-11H. The van der Waals surface area contributed by atoms with Crippen molar-refractivity contribution in [2.24, 2.45) is 0 Å². The maximum atomic E-state index is 5.54. The fourth-order valence-corrected chi connectivity index (χ4v) is 3.73. The number of hydrogen-bond donors (Lipinski definition) is 0. The molecule has 2 heterocycles. The Morgan fingerprint density at radius 3 is 1.71 bits per heavy atom. The fraction of sp³-hybridized carbons (Fsp3) is 0. The Morgan fingerprint density at radius 1 is 0.647 bits per heavy atom. The van der Waals surface area contributed by atoms with Crippen molar-refractivity contribution >= 4 is 24.2 Å². The Kier molecular flexibility index (Phi) is 2.81. The summed E-state index contributed by atoms with van der Waals surface area (Å²) in [5.41, 5.74) is 1.92. The van der Waals surface area contributed by atoms with Crippen LogP contribution in [0.4, 0.5) is 0 Å². The molecule has 0 N–H and O–H groups in total. The highest BCUT2D eigenvalue weighted by Gasteiger charge is 2.21. The molecule has 0 atom stereocenters. The van der Waals surface area contributed by atoms with Gasteiger partial charge in [0.25, 0.3) is 0 Å². The van der Waals surface area contributed by atoms with Crippen LogP contribution >= 0.6 is 7.92 Å². The van der Waals surface area contributed by atoms with E-state index in [2.05, 4.69) is 12.1 Å². The molecule has 3 heteroatoms. The first-order valence-electron chi connectivity index (χ1n) is 5.37. The summed E-state index contributed by atoms with van der Waals surface area (Å²) in [7, 11) is -0.705. The van der Waals surface area contributed by atoms with Gasteiger partial charge >= 0.3 is 0 Å². The highest BCUT2D eigenvalue weighted by Crippen LogP contribution is 2.32. The second-order valence-corrected chi connectivity index (χ2v) is 5.64.